The molecule has 0 atom stereocenters. The lowest BCUT2D eigenvalue weighted by molar-refractivity contribution is -0.113. The van der Waals surface area contributed by atoms with Crippen LogP contribution in [0.15, 0.2) is 53.5 Å². The number of carbonyl (C=O) groups excluding carboxylic acids is 2. The van der Waals surface area contributed by atoms with E-state index < -0.39 is 5.97 Å². The summed E-state index contributed by atoms with van der Waals surface area (Å²) < 4.78 is 6.65. The lowest BCUT2D eigenvalue weighted by Gasteiger charge is -2.09. The number of benzene rings is 1. The minimum atomic E-state index is -0.484. The van der Waals surface area contributed by atoms with Crippen LogP contribution in [0.25, 0.3) is 11.4 Å². The van der Waals surface area contributed by atoms with Gasteiger partial charge < -0.3 is 10.1 Å². The number of methoxy groups -OCH3 is 1. The predicted molar refractivity (Wildman–Crippen MR) is 115 cm³/mol. The monoisotopic (exact) mass is 428 g/mol. The highest BCUT2D eigenvalue weighted by atomic mass is 32.2. The summed E-state index contributed by atoms with van der Waals surface area (Å²) in [6, 6.07) is 9.55. The first-order valence-corrected chi connectivity index (χ1v) is 10.6. The first kappa shape index (κ1) is 20.8. The van der Waals surface area contributed by atoms with Crippen LogP contribution in [0.1, 0.15) is 15.9 Å². The van der Waals surface area contributed by atoms with E-state index in [1.807, 2.05) is 35.8 Å². The van der Waals surface area contributed by atoms with Crippen molar-refractivity contribution in [3.63, 3.8) is 0 Å². The molecule has 0 aliphatic rings. The summed E-state index contributed by atoms with van der Waals surface area (Å²) in [5.74, 6) is 0.134. The molecule has 2 aromatic heterocycles. The summed E-state index contributed by atoms with van der Waals surface area (Å²) >= 11 is 2.55. The van der Waals surface area contributed by atoms with Gasteiger partial charge in [0.25, 0.3) is 0 Å². The number of nitrogens with zero attached hydrogens (tertiary/aromatic N) is 3. The zero-order valence-electron chi connectivity index (χ0n) is 16.0. The minimum absolute atomic E-state index is 0.127. The van der Waals surface area contributed by atoms with Gasteiger partial charge in [0.15, 0.2) is 11.0 Å². The highest BCUT2D eigenvalue weighted by Gasteiger charge is 2.18. The second-order valence-corrected chi connectivity index (χ2v) is 7.87. The fourth-order valence-corrected chi connectivity index (χ4v) is 4.22. The number of allylic oxidation sites excluding steroid dienone is 1. The maximum atomic E-state index is 12.4. The SMILES string of the molecule is C=CCn1c(SCC(=O)Nc2sccc2C(=O)OC)nnc1-c1ccccc1C. The largest absolute Gasteiger partial charge is 0.465 e. The number of thiophene rings is 1. The van der Waals surface area contributed by atoms with E-state index in [9.17, 15) is 9.59 Å². The Balaban J connectivity index is 1.73. The number of ether oxygens (including phenoxy) is 1. The van der Waals surface area contributed by atoms with Gasteiger partial charge >= 0.3 is 5.97 Å². The van der Waals surface area contributed by atoms with Crippen molar-refractivity contribution in [1.29, 1.82) is 0 Å². The van der Waals surface area contributed by atoms with Crippen LogP contribution in [-0.4, -0.2) is 39.5 Å². The van der Waals surface area contributed by atoms with E-state index >= 15 is 0 Å². The molecule has 7 nitrogen and oxygen atoms in total. The molecule has 2 heterocycles. The number of anilines is 1. The van der Waals surface area contributed by atoms with Crippen LogP contribution in [0.2, 0.25) is 0 Å². The molecule has 0 fully saturated rings. The average molecular weight is 429 g/mol. The molecule has 0 aliphatic heterocycles. The smallest absolute Gasteiger partial charge is 0.340 e. The van der Waals surface area contributed by atoms with Crippen LogP contribution >= 0.6 is 23.1 Å². The van der Waals surface area contributed by atoms with Gasteiger partial charge in [0, 0.05) is 12.1 Å². The fraction of sp³-hybridized carbons (Fsp3) is 0.200. The van der Waals surface area contributed by atoms with Gasteiger partial charge in [0.2, 0.25) is 5.91 Å². The number of nitrogens with one attached hydrogen (secondary N) is 1. The molecule has 3 aromatic rings. The van der Waals surface area contributed by atoms with Gasteiger partial charge in [-0.3, -0.25) is 9.36 Å². The van der Waals surface area contributed by atoms with Crippen LogP contribution in [0.3, 0.4) is 0 Å². The van der Waals surface area contributed by atoms with Crippen molar-refractivity contribution in [2.45, 2.75) is 18.6 Å². The van der Waals surface area contributed by atoms with Crippen molar-refractivity contribution >= 4 is 40.0 Å². The third-order valence-electron chi connectivity index (χ3n) is 4.07. The highest BCUT2D eigenvalue weighted by Crippen LogP contribution is 2.27. The molecule has 0 radical (unpaired) electrons. The molecule has 1 amide bonds. The Morgan fingerprint density at radius 1 is 1.31 bits per heavy atom. The molecule has 150 valence electrons. The summed E-state index contributed by atoms with van der Waals surface area (Å²) in [7, 11) is 1.31. The van der Waals surface area contributed by atoms with Gasteiger partial charge in [-0.25, -0.2) is 4.79 Å². The van der Waals surface area contributed by atoms with E-state index in [2.05, 4.69) is 22.1 Å². The number of esters is 1. The molecule has 9 heteroatoms. The summed E-state index contributed by atoms with van der Waals surface area (Å²) in [6.07, 6.45) is 1.77. The highest BCUT2D eigenvalue weighted by molar-refractivity contribution is 7.99. The zero-order valence-corrected chi connectivity index (χ0v) is 17.7. The fourth-order valence-electron chi connectivity index (χ4n) is 2.68. The number of rotatable bonds is 8. The maximum absolute atomic E-state index is 12.4. The van der Waals surface area contributed by atoms with Gasteiger partial charge in [-0.05, 0) is 23.9 Å². The molecular formula is C20H20N4O3S2. The second-order valence-electron chi connectivity index (χ2n) is 6.01. The molecular weight excluding hydrogens is 408 g/mol. The number of hydrogen-bond donors (Lipinski definition) is 1. The molecule has 29 heavy (non-hydrogen) atoms. The number of hydrogen-bond acceptors (Lipinski definition) is 7. The lowest BCUT2D eigenvalue weighted by atomic mass is 10.1. The zero-order chi connectivity index (χ0) is 20.8. The molecule has 0 saturated heterocycles. The predicted octanol–water partition coefficient (Wildman–Crippen LogP) is 4.02. The third-order valence-corrected chi connectivity index (χ3v) is 5.87. The summed E-state index contributed by atoms with van der Waals surface area (Å²) in [4.78, 5) is 24.1. The molecule has 1 N–H and O–H groups in total. The van der Waals surface area contributed by atoms with Gasteiger partial charge in [-0.1, -0.05) is 42.1 Å². The van der Waals surface area contributed by atoms with Gasteiger partial charge in [-0.15, -0.1) is 28.1 Å². The van der Waals surface area contributed by atoms with Crippen molar-refractivity contribution in [1.82, 2.24) is 14.8 Å². The van der Waals surface area contributed by atoms with E-state index in [0.717, 1.165) is 17.0 Å². The maximum Gasteiger partial charge on any atom is 0.340 e. The minimum Gasteiger partial charge on any atom is -0.465 e. The Bertz CT molecular complexity index is 1040. The number of amides is 1. The van der Waals surface area contributed by atoms with Crippen LogP contribution in [0, 0.1) is 6.92 Å². The quantitative estimate of drug-likeness (QED) is 0.331. The summed E-state index contributed by atoms with van der Waals surface area (Å²) in [5.41, 5.74) is 2.42. The van der Waals surface area contributed by atoms with Crippen molar-refractivity contribution in [3.05, 3.63) is 59.5 Å². The summed E-state index contributed by atoms with van der Waals surface area (Å²) in [6.45, 7) is 6.35. The van der Waals surface area contributed by atoms with Crippen molar-refractivity contribution in [2.75, 3.05) is 18.2 Å². The van der Waals surface area contributed by atoms with Crippen LogP contribution in [0.4, 0.5) is 5.00 Å². The van der Waals surface area contributed by atoms with Crippen LogP contribution in [0.5, 0.6) is 0 Å². The first-order valence-electron chi connectivity index (χ1n) is 8.73. The Kier molecular flexibility index (Phi) is 6.84. The van der Waals surface area contributed by atoms with E-state index in [1.54, 1.807) is 17.5 Å². The van der Waals surface area contributed by atoms with Gasteiger partial charge in [0.05, 0.1) is 18.4 Å². The third kappa shape index (κ3) is 4.75. The Hall–Kier alpha value is -2.91. The number of aryl methyl sites for hydroxylation is 1. The molecule has 0 saturated carbocycles. The van der Waals surface area contributed by atoms with Crippen LogP contribution in [-0.2, 0) is 16.1 Å². The van der Waals surface area contributed by atoms with Crippen molar-refractivity contribution in [2.24, 2.45) is 0 Å². The van der Waals surface area contributed by atoms with E-state index in [0.29, 0.717) is 22.3 Å². The van der Waals surface area contributed by atoms with Gasteiger partial charge in [0.1, 0.15) is 5.00 Å². The average Bonchev–Trinajstić information content (AvgIpc) is 3.34. The van der Waals surface area contributed by atoms with E-state index in [4.69, 9.17) is 4.74 Å². The number of thioether (sulfide) groups is 1. The molecule has 1 aromatic carbocycles. The molecule has 0 unspecified atom stereocenters. The number of carbonyl (C=O) groups is 2. The topological polar surface area (TPSA) is 86.1 Å². The Labute approximate surface area is 176 Å². The van der Waals surface area contributed by atoms with Crippen molar-refractivity contribution < 1.29 is 14.3 Å². The van der Waals surface area contributed by atoms with Gasteiger partial charge in [-0.2, -0.15) is 0 Å². The standard InChI is InChI=1S/C20H20N4O3S2/c1-4-10-24-17(14-8-6-5-7-13(14)2)22-23-20(24)29-12-16(25)21-18-15(9-11-28-18)19(26)27-3/h4-9,11H,1,10,12H2,2-3H3,(H,21,25). The van der Waals surface area contributed by atoms with Crippen LogP contribution < -0.4 is 5.32 Å². The second kappa shape index (κ2) is 9.53. The molecule has 0 bridgehead atoms. The Morgan fingerprint density at radius 3 is 2.83 bits per heavy atom. The Morgan fingerprint density at radius 2 is 2.10 bits per heavy atom. The molecule has 0 aliphatic carbocycles. The van der Waals surface area contributed by atoms with E-state index in [-0.39, 0.29) is 11.7 Å². The normalized spacial score (nSPS) is 10.6. The number of aromatic nitrogens is 3. The molecule has 0 spiro atoms. The van der Waals surface area contributed by atoms with Crippen molar-refractivity contribution in [3.8, 4) is 11.4 Å². The molecule has 3 rings (SSSR count). The first-order chi connectivity index (χ1) is 14.0. The van der Waals surface area contributed by atoms with E-state index in [1.165, 1.54) is 30.2 Å². The lowest BCUT2D eigenvalue weighted by Crippen LogP contribution is -2.16. The summed E-state index contributed by atoms with van der Waals surface area (Å²) in [5, 5.41) is 14.2.